The van der Waals surface area contributed by atoms with Crippen LogP contribution in [0.4, 0.5) is 0 Å². The van der Waals surface area contributed by atoms with E-state index in [9.17, 15) is 10.2 Å². The molecule has 2 N–H and O–H groups in total. The van der Waals surface area contributed by atoms with Crippen molar-refractivity contribution in [2.45, 2.75) is 32.7 Å². The SMILES string of the molecule is O[C@@H]1[C@@H](O)[C@@H]2C[C@H]1[C@@H]1[C@H]2[C@]2(Cl)C(Cl)=C(Cl)[C@@]1(Cl)C2(Cl)Cl. The van der Waals surface area contributed by atoms with Gasteiger partial charge in [0.05, 0.1) is 22.3 Å². The van der Waals surface area contributed by atoms with Gasteiger partial charge in [-0.25, -0.2) is 0 Å². The first kappa shape index (κ1) is 15.0. The number of hydrogen-bond donors (Lipinski definition) is 2. The predicted octanol–water partition coefficient (Wildman–Crippen LogP) is 3.44. The Labute approximate surface area is 145 Å². The van der Waals surface area contributed by atoms with Crippen molar-refractivity contribution in [3.05, 3.63) is 10.1 Å². The van der Waals surface area contributed by atoms with Gasteiger partial charge in [-0.3, -0.25) is 0 Å². The normalized spacial score (nSPS) is 62.4. The number of aliphatic hydroxyl groups is 2. The Hall–Kier alpha value is 1.40. The summed E-state index contributed by atoms with van der Waals surface area (Å²) in [7, 11) is 0. The molecule has 112 valence electrons. The highest BCUT2D eigenvalue weighted by Gasteiger charge is 2.87. The fourth-order valence-corrected chi connectivity index (χ4v) is 8.14. The lowest BCUT2D eigenvalue weighted by Crippen LogP contribution is -2.50. The van der Waals surface area contributed by atoms with Gasteiger partial charge in [-0.05, 0) is 30.1 Å². The van der Waals surface area contributed by atoms with Crippen LogP contribution in [0, 0.1) is 23.7 Å². The van der Waals surface area contributed by atoms with Crippen molar-refractivity contribution in [1.29, 1.82) is 0 Å². The molecule has 0 heterocycles. The van der Waals surface area contributed by atoms with Gasteiger partial charge in [-0.2, -0.15) is 0 Å². The Kier molecular flexibility index (Phi) is 2.91. The zero-order chi connectivity index (χ0) is 14.8. The standard InChI is InChI=1S/C12H10Cl6O2/c13-8-9(14)11(16)5-3-1-2(6(19)7(3)20)4(5)10(8,15)12(11,17)18/h2-7,19-20H,1H2/t2-,3+,4+,5-,6-,7-,10+,11-/m0/s1. The second-order valence-electron chi connectivity index (χ2n) is 6.22. The van der Waals surface area contributed by atoms with Crippen LogP contribution in [-0.4, -0.2) is 36.5 Å². The maximum atomic E-state index is 10.2. The molecule has 20 heavy (non-hydrogen) atoms. The molecular formula is C12H10Cl6O2. The van der Waals surface area contributed by atoms with Crippen molar-refractivity contribution in [2.24, 2.45) is 23.7 Å². The van der Waals surface area contributed by atoms with Crippen LogP contribution in [0.5, 0.6) is 0 Å². The first-order chi connectivity index (χ1) is 9.11. The average molecular weight is 399 g/mol. The smallest absolute Gasteiger partial charge is 0.166 e. The minimum absolute atomic E-state index is 0.163. The van der Waals surface area contributed by atoms with Crippen LogP contribution in [0.2, 0.25) is 0 Å². The minimum Gasteiger partial charge on any atom is -0.390 e. The van der Waals surface area contributed by atoms with Gasteiger partial charge in [-0.15, -0.1) is 23.2 Å². The van der Waals surface area contributed by atoms with E-state index in [1.807, 2.05) is 0 Å². The number of alkyl halides is 4. The molecule has 3 saturated carbocycles. The molecule has 0 aromatic carbocycles. The van der Waals surface area contributed by atoms with Crippen molar-refractivity contribution in [3.8, 4) is 0 Å². The average Bonchev–Trinajstić information content (AvgIpc) is 2.97. The highest BCUT2D eigenvalue weighted by Crippen LogP contribution is 2.82. The lowest BCUT2D eigenvalue weighted by atomic mass is 9.70. The number of rotatable bonds is 0. The Morgan fingerprint density at radius 2 is 1.15 bits per heavy atom. The molecule has 0 unspecified atom stereocenters. The van der Waals surface area contributed by atoms with Gasteiger partial charge in [-0.1, -0.05) is 46.4 Å². The molecule has 8 atom stereocenters. The number of aliphatic hydroxyl groups excluding tert-OH is 2. The minimum atomic E-state index is -1.58. The molecule has 2 nitrogen and oxygen atoms in total. The molecule has 4 aliphatic rings. The molecule has 4 rings (SSSR count). The van der Waals surface area contributed by atoms with E-state index >= 15 is 0 Å². The van der Waals surface area contributed by atoms with Gasteiger partial charge >= 0.3 is 0 Å². The summed E-state index contributed by atoms with van der Waals surface area (Å²) in [5, 5.41) is 20.6. The summed E-state index contributed by atoms with van der Waals surface area (Å²) in [6, 6.07) is 0. The van der Waals surface area contributed by atoms with E-state index in [0.29, 0.717) is 6.42 Å². The van der Waals surface area contributed by atoms with Crippen molar-refractivity contribution in [1.82, 2.24) is 0 Å². The quantitative estimate of drug-likeness (QED) is 0.484. The highest BCUT2D eigenvalue weighted by molar-refractivity contribution is 6.65. The van der Waals surface area contributed by atoms with Crippen molar-refractivity contribution < 1.29 is 10.2 Å². The second-order valence-corrected chi connectivity index (χ2v) is 9.50. The number of halogens is 6. The fraction of sp³-hybridized carbons (Fsp3) is 0.833. The summed E-state index contributed by atoms with van der Waals surface area (Å²) in [4.78, 5) is -2.64. The van der Waals surface area contributed by atoms with E-state index < -0.39 is 26.3 Å². The third kappa shape index (κ3) is 1.16. The summed E-state index contributed by atoms with van der Waals surface area (Å²) in [6.45, 7) is 0. The summed E-state index contributed by atoms with van der Waals surface area (Å²) >= 11 is 39.0. The van der Waals surface area contributed by atoms with E-state index in [-0.39, 0.29) is 33.7 Å². The molecule has 0 aromatic heterocycles. The lowest BCUT2D eigenvalue weighted by Gasteiger charge is -2.42. The molecule has 0 aliphatic heterocycles. The van der Waals surface area contributed by atoms with E-state index in [1.54, 1.807) is 0 Å². The van der Waals surface area contributed by atoms with Crippen LogP contribution in [0.15, 0.2) is 10.1 Å². The van der Waals surface area contributed by atoms with Gasteiger partial charge in [0, 0.05) is 0 Å². The maximum absolute atomic E-state index is 10.2. The van der Waals surface area contributed by atoms with Crippen LogP contribution in [0.3, 0.4) is 0 Å². The van der Waals surface area contributed by atoms with Crippen LogP contribution in [-0.2, 0) is 0 Å². The molecule has 0 saturated heterocycles. The Morgan fingerprint density at radius 3 is 1.50 bits per heavy atom. The molecule has 4 bridgehead atoms. The Morgan fingerprint density at radius 1 is 0.800 bits per heavy atom. The first-order valence-electron chi connectivity index (χ1n) is 6.29. The van der Waals surface area contributed by atoms with Crippen molar-refractivity contribution in [3.63, 3.8) is 0 Å². The van der Waals surface area contributed by atoms with Crippen molar-refractivity contribution in [2.75, 3.05) is 0 Å². The van der Waals surface area contributed by atoms with Gasteiger partial charge in [0.1, 0.15) is 9.75 Å². The monoisotopic (exact) mass is 396 g/mol. The Bertz CT molecular complexity index is 506. The van der Waals surface area contributed by atoms with E-state index in [1.165, 1.54) is 0 Å². The molecule has 0 spiro atoms. The van der Waals surface area contributed by atoms with Gasteiger partial charge < -0.3 is 10.2 Å². The van der Waals surface area contributed by atoms with Crippen LogP contribution < -0.4 is 0 Å². The summed E-state index contributed by atoms with van der Waals surface area (Å²) < 4.78 is -1.58. The first-order valence-corrected chi connectivity index (χ1v) is 8.56. The second kappa shape index (κ2) is 3.89. The lowest BCUT2D eigenvalue weighted by molar-refractivity contribution is -0.0559. The largest absolute Gasteiger partial charge is 0.390 e. The van der Waals surface area contributed by atoms with Crippen molar-refractivity contribution >= 4 is 69.6 Å². The number of fused-ring (bicyclic) bond motifs is 9. The van der Waals surface area contributed by atoms with E-state index in [0.717, 1.165) is 0 Å². The summed E-state index contributed by atoms with van der Waals surface area (Å²) in [6.07, 6.45) is -1.09. The molecule has 0 radical (unpaired) electrons. The predicted molar refractivity (Wildman–Crippen MR) is 80.9 cm³/mol. The van der Waals surface area contributed by atoms with Gasteiger partial charge in [0.15, 0.2) is 4.33 Å². The Balaban J connectivity index is 1.98. The zero-order valence-corrected chi connectivity index (χ0v) is 14.4. The molecule has 3 fully saturated rings. The molecule has 0 amide bonds. The topological polar surface area (TPSA) is 40.5 Å². The third-order valence-electron chi connectivity index (χ3n) is 5.75. The number of allylic oxidation sites excluding steroid dienone is 2. The number of hydrogen-bond acceptors (Lipinski definition) is 2. The maximum Gasteiger partial charge on any atom is 0.166 e. The highest BCUT2D eigenvalue weighted by atomic mass is 35.5. The third-order valence-corrected chi connectivity index (χ3v) is 10.0. The zero-order valence-electron chi connectivity index (χ0n) is 9.83. The summed E-state index contributed by atoms with van der Waals surface area (Å²) in [5.41, 5.74) is 0. The molecule has 0 aromatic rings. The molecule has 8 heteroatoms. The van der Waals surface area contributed by atoms with Crippen LogP contribution >= 0.6 is 69.6 Å². The van der Waals surface area contributed by atoms with Crippen LogP contribution in [0.1, 0.15) is 6.42 Å². The molecule has 4 aliphatic carbocycles. The van der Waals surface area contributed by atoms with Gasteiger partial charge in [0.2, 0.25) is 0 Å². The summed E-state index contributed by atoms with van der Waals surface area (Å²) in [5.74, 6) is -1.05. The van der Waals surface area contributed by atoms with Gasteiger partial charge in [0.25, 0.3) is 0 Å². The van der Waals surface area contributed by atoms with E-state index in [2.05, 4.69) is 0 Å². The fourth-order valence-electron chi connectivity index (χ4n) is 5.01. The van der Waals surface area contributed by atoms with E-state index in [4.69, 9.17) is 69.6 Å². The molecular weight excluding hydrogens is 389 g/mol. The van der Waals surface area contributed by atoms with Crippen LogP contribution in [0.25, 0.3) is 0 Å².